The molecule has 2 aromatic rings. The van der Waals surface area contributed by atoms with Gasteiger partial charge < -0.3 is 10.2 Å². The van der Waals surface area contributed by atoms with Gasteiger partial charge in [-0.25, -0.2) is 13.8 Å². The van der Waals surface area contributed by atoms with Gasteiger partial charge in [-0.1, -0.05) is 0 Å². The molecule has 0 unspecified atom stereocenters. The van der Waals surface area contributed by atoms with Crippen LogP contribution < -0.4 is 10.2 Å². The summed E-state index contributed by atoms with van der Waals surface area (Å²) in [6, 6.07) is 6.90. The van der Waals surface area contributed by atoms with Crippen LogP contribution in [0.3, 0.4) is 0 Å². The second kappa shape index (κ2) is 5.00. The first-order valence-corrected chi connectivity index (χ1v) is 5.41. The van der Waals surface area contributed by atoms with Gasteiger partial charge in [-0.15, -0.1) is 0 Å². The normalized spacial score (nSPS) is 10.2. The van der Waals surface area contributed by atoms with E-state index in [4.69, 9.17) is 0 Å². The Morgan fingerprint density at radius 1 is 1.00 bits per heavy atom. The van der Waals surface area contributed by atoms with Crippen LogP contribution in [0.5, 0.6) is 0 Å². The first-order valence-electron chi connectivity index (χ1n) is 5.41. The summed E-state index contributed by atoms with van der Waals surface area (Å²) in [6.07, 6.45) is 1.61. The van der Waals surface area contributed by atoms with Gasteiger partial charge in [-0.05, 0) is 24.3 Å². The number of hydrogen-bond donors (Lipinski definition) is 1. The van der Waals surface area contributed by atoms with E-state index in [0.29, 0.717) is 11.4 Å². The van der Waals surface area contributed by atoms with Gasteiger partial charge in [-0.2, -0.15) is 0 Å². The minimum atomic E-state index is -0.615. The van der Waals surface area contributed by atoms with E-state index >= 15 is 0 Å². The molecule has 1 heterocycles. The van der Waals surface area contributed by atoms with Crippen molar-refractivity contribution in [2.75, 3.05) is 24.3 Å². The molecule has 0 saturated heterocycles. The minimum absolute atomic E-state index is 0.354. The summed E-state index contributed by atoms with van der Waals surface area (Å²) in [4.78, 5) is 6.06. The van der Waals surface area contributed by atoms with E-state index in [-0.39, 0.29) is 0 Å². The summed E-state index contributed by atoms with van der Waals surface area (Å²) in [5.41, 5.74) is 1.03. The van der Waals surface area contributed by atoms with E-state index in [9.17, 15) is 8.78 Å². The van der Waals surface area contributed by atoms with Crippen LogP contribution in [0.2, 0.25) is 0 Å². The summed E-state index contributed by atoms with van der Waals surface area (Å²) < 4.78 is 26.0. The highest BCUT2D eigenvalue weighted by Gasteiger charge is 2.02. The molecule has 0 bridgehead atoms. The third kappa shape index (κ3) is 2.94. The summed E-state index contributed by atoms with van der Waals surface area (Å²) in [7, 11) is 3.77. The zero-order valence-electron chi connectivity index (χ0n) is 10.1. The third-order valence-corrected chi connectivity index (χ3v) is 2.36. The highest BCUT2D eigenvalue weighted by atomic mass is 19.1. The fourth-order valence-corrected chi connectivity index (χ4v) is 1.52. The maximum Gasteiger partial charge on any atom is 0.128 e. The summed E-state index contributed by atoms with van der Waals surface area (Å²) in [5, 5.41) is 2.89. The van der Waals surface area contributed by atoms with Crippen molar-refractivity contribution >= 4 is 17.2 Å². The Bertz CT molecular complexity index is 518. The van der Waals surface area contributed by atoms with Crippen molar-refractivity contribution in [2.45, 2.75) is 0 Å². The fraction of sp³-hybridized carbons (Fsp3) is 0.154. The Labute approximate surface area is 104 Å². The molecule has 0 atom stereocenters. The lowest BCUT2D eigenvalue weighted by molar-refractivity contribution is 0.584. The van der Waals surface area contributed by atoms with Crippen molar-refractivity contribution in [2.24, 2.45) is 0 Å². The molecule has 0 aliphatic carbocycles. The van der Waals surface area contributed by atoms with Gasteiger partial charge in [0, 0.05) is 25.8 Å². The molecular weight excluding hydrogens is 236 g/mol. The van der Waals surface area contributed by atoms with Crippen molar-refractivity contribution in [1.82, 2.24) is 4.98 Å². The van der Waals surface area contributed by atoms with Crippen LogP contribution in [-0.4, -0.2) is 19.1 Å². The van der Waals surface area contributed by atoms with Gasteiger partial charge in [0.05, 0.1) is 11.9 Å². The van der Waals surface area contributed by atoms with Gasteiger partial charge in [0.15, 0.2) is 0 Å². The Kier molecular flexibility index (Phi) is 3.41. The molecule has 0 spiro atoms. The molecule has 0 fully saturated rings. The molecule has 0 saturated carbocycles. The van der Waals surface area contributed by atoms with Gasteiger partial charge in [0.25, 0.3) is 0 Å². The zero-order valence-corrected chi connectivity index (χ0v) is 10.1. The van der Waals surface area contributed by atoms with Gasteiger partial charge >= 0.3 is 0 Å². The standard InChI is InChI=1S/C13H13F2N3/c1-18(2)13-4-3-11(8-16-13)17-12-6-9(14)5-10(15)7-12/h3-8,17H,1-2H3. The number of rotatable bonds is 3. The van der Waals surface area contributed by atoms with Crippen molar-refractivity contribution in [3.8, 4) is 0 Å². The number of nitrogens with one attached hydrogen (secondary N) is 1. The van der Waals surface area contributed by atoms with Crippen molar-refractivity contribution in [3.63, 3.8) is 0 Å². The number of pyridine rings is 1. The van der Waals surface area contributed by atoms with Crippen LogP contribution in [0.1, 0.15) is 0 Å². The maximum atomic E-state index is 13.0. The molecule has 1 aromatic heterocycles. The predicted octanol–water partition coefficient (Wildman–Crippen LogP) is 3.17. The second-order valence-electron chi connectivity index (χ2n) is 4.08. The van der Waals surface area contributed by atoms with E-state index in [1.165, 1.54) is 12.1 Å². The average molecular weight is 249 g/mol. The number of anilines is 3. The molecule has 2 rings (SSSR count). The Balaban J connectivity index is 2.18. The number of hydrogen-bond acceptors (Lipinski definition) is 3. The Morgan fingerprint density at radius 3 is 2.17 bits per heavy atom. The zero-order chi connectivity index (χ0) is 13.1. The summed E-state index contributed by atoms with van der Waals surface area (Å²) in [5.74, 6) is -0.420. The van der Waals surface area contributed by atoms with Crippen LogP contribution in [0.15, 0.2) is 36.5 Å². The van der Waals surface area contributed by atoms with Crippen LogP contribution in [-0.2, 0) is 0 Å². The number of benzene rings is 1. The van der Waals surface area contributed by atoms with Gasteiger partial charge in [0.1, 0.15) is 17.5 Å². The SMILES string of the molecule is CN(C)c1ccc(Nc2cc(F)cc(F)c2)cn1. The molecule has 1 N–H and O–H groups in total. The van der Waals surface area contributed by atoms with E-state index in [1.807, 2.05) is 25.1 Å². The van der Waals surface area contributed by atoms with Crippen LogP contribution in [0.25, 0.3) is 0 Å². The van der Waals surface area contributed by atoms with Crippen LogP contribution in [0, 0.1) is 11.6 Å². The first kappa shape index (κ1) is 12.3. The van der Waals surface area contributed by atoms with E-state index in [2.05, 4.69) is 10.3 Å². The topological polar surface area (TPSA) is 28.2 Å². The van der Waals surface area contributed by atoms with Crippen molar-refractivity contribution < 1.29 is 8.78 Å². The lowest BCUT2D eigenvalue weighted by Crippen LogP contribution is -2.10. The van der Waals surface area contributed by atoms with Crippen molar-refractivity contribution in [3.05, 3.63) is 48.2 Å². The quantitative estimate of drug-likeness (QED) is 0.905. The van der Waals surface area contributed by atoms with E-state index < -0.39 is 11.6 Å². The monoisotopic (exact) mass is 249 g/mol. The molecule has 3 nitrogen and oxygen atoms in total. The molecule has 5 heteroatoms. The predicted molar refractivity (Wildman–Crippen MR) is 68.2 cm³/mol. The second-order valence-corrected chi connectivity index (χ2v) is 4.08. The van der Waals surface area contributed by atoms with Crippen LogP contribution >= 0.6 is 0 Å². The van der Waals surface area contributed by atoms with E-state index in [0.717, 1.165) is 11.9 Å². The number of halogens is 2. The lowest BCUT2D eigenvalue weighted by atomic mass is 10.3. The summed E-state index contributed by atoms with van der Waals surface area (Å²) >= 11 is 0. The van der Waals surface area contributed by atoms with E-state index in [1.54, 1.807) is 12.3 Å². The van der Waals surface area contributed by atoms with Crippen molar-refractivity contribution in [1.29, 1.82) is 0 Å². The van der Waals surface area contributed by atoms with Gasteiger partial charge in [0.2, 0.25) is 0 Å². The fourth-order valence-electron chi connectivity index (χ4n) is 1.52. The Morgan fingerprint density at radius 2 is 1.67 bits per heavy atom. The molecule has 94 valence electrons. The number of nitrogens with zero attached hydrogens (tertiary/aromatic N) is 2. The lowest BCUT2D eigenvalue weighted by Gasteiger charge is -2.12. The molecule has 0 aliphatic heterocycles. The maximum absolute atomic E-state index is 13.0. The highest BCUT2D eigenvalue weighted by Crippen LogP contribution is 2.19. The molecule has 0 amide bonds. The largest absolute Gasteiger partial charge is 0.363 e. The minimum Gasteiger partial charge on any atom is -0.363 e. The number of aromatic nitrogens is 1. The highest BCUT2D eigenvalue weighted by molar-refractivity contribution is 5.60. The third-order valence-electron chi connectivity index (χ3n) is 2.36. The summed E-state index contributed by atoms with van der Waals surface area (Å²) in [6.45, 7) is 0. The van der Waals surface area contributed by atoms with Gasteiger partial charge in [-0.3, -0.25) is 0 Å². The smallest absolute Gasteiger partial charge is 0.128 e. The molecule has 1 aromatic carbocycles. The van der Waals surface area contributed by atoms with Crippen LogP contribution in [0.4, 0.5) is 26.0 Å². The molecule has 0 aliphatic rings. The molecule has 0 radical (unpaired) electrons. The average Bonchev–Trinajstić information content (AvgIpc) is 2.28. The first-order chi connectivity index (χ1) is 8.54. The molecule has 18 heavy (non-hydrogen) atoms. The Hall–Kier alpha value is -2.17. The molecular formula is C13H13F2N3.